The number of benzene rings is 2. The lowest BCUT2D eigenvalue weighted by molar-refractivity contribution is -0.510. The van der Waals surface area contributed by atoms with Crippen molar-refractivity contribution in [1.82, 2.24) is 9.88 Å². The Balaban J connectivity index is 1.23. The molecule has 2 aliphatic carbocycles. The van der Waals surface area contributed by atoms with E-state index in [4.69, 9.17) is 14.6 Å². The Labute approximate surface area is 303 Å². The number of hydrogen-bond donors (Lipinski definition) is 6. The van der Waals surface area contributed by atoms with Gasteiger partial charge in [-0.1, -0.05) is 44.0 Å². The van der Waals surface area contributed by atoms with Gasteiger partial charge in [0.15, 0.2) is 6.29 Å². The molecule has 51 heavy (non-hydrogen) atoms. The highest BCUT2D eigenvalue weighted by Gasteiger charge is 2.56. The van der Waals surface area contributed by atoms with Crippen molar-refractivity contribution >= 4 is 17.7 Å². The van der Waals surface area contributed by atoms with Crippen molar-refractivity contribution in [1.29, 1.82) is 0 Å². The minimum atomic E-state index is -3.78. The van der Waals surface area contributed by atoms with Gasteiger partial charge < -0.3 is 40.1 Å². The van der Waals surface area contributed by atoms with Crippen LogP contribution in [0.4, 0.5) is 0 Å². The predicted octanol–water partition coefficient (Wildman–Crippen LogP) is 4.30. The minimum Gasteiger partial charge on any atom is -0.490 e. The first kappa shape index (κ1) is 39.1. The van der Waals surface area contributed by atoms with E-state index in [0.717, 1.165) is 77.0 Å². The summed E-state index contributed by atoms with van der Waals surface area (Å²) in [6, 6.07) is 16.2. The maximum absolute atomic E-state index is 13.0. The van der Waals surface area contributed by atoms with Gasteiger partial charge in [-0.15, -0.1) is 11.8 Å². The molecule has 5 rings (SSSR count). The van der Waals surface area contributed by atoms with Gasteiger partial charge >= 0.3 is 11.9 Å². The number of carbonyl (C=O) groups is 1. The number of nitrogens with zero attached hydrogens (tertiary/aromatic N) is 2. The Morgan fingerprint density at radius 1 is 1.06 bits per heavy atom. The third-order valence-corrected chi connectivity index (χ3v) is 10.3. The van der Waals surface area contributed by atoms with E-state index in [0.29, 0.717) is 23.7 Å². The second-order valence-corrected chi connectivity index (χ2v) is 14.5. The van der Waals surface area contributed by atoms with Crippen LogP contribution >= 0.6 is 11.8 Å². The molecule has 0 saturated heterocycles. The molecule has 1 heterocycles. The molecule has 2 aliphatic rings. The van der Waals surface area contributed by atoms with Gasteiger partial charge in [-0.25, -0.2) is 0 Å². The van der Waals surface area contributed by atoms with Gasteiger partial charge in [0.2, 0.25) is 5.91 Å². The molecule has 1 atom stereocenters. The van der Waals surface area contributed by atoms with Crippen molar-refractivity contribution in [3.05, 3.63) is 77.6 Å². The molecule has 13 heteroatoms. The molecule has 0 bridgehead atoms. The Hall–Kier alpha value is -3.11. The number of ether oxygens (including phenoxy) is 3. The van der Waals surface area contributed by atoms with E-state index in [9.17, 15) is 30.3 Å². The van der Waals surface area contributed by atoms with Crippen LogP contribution in [0.3, 0.4) is 0 Å². The third kappa shape index (κ3) is 9.86. The van der Waals surface area contributed by atoms with Crippen molar-refractivity contribution in [3.8, 4) is 16.9 Å². The molecule has 0 spiro atoms. The Morgan fingerprint density at radius 3 is 2.53 bits per heavy atom. The summed E-state index contributed by atoms with van der Waals surface area (Å²) >= 11 is 1.50. The van der Waals surface area contributed by atoms with Crippen LogP contribution in [-0.2, 0) is 26.5 Å². The predicted molar refractivity (Wildman–Crippen MR) is 190 cm³/mol. The molecular formula is C38H50N2O10S. The van der Waals surface area contributed by atoms with Crippen LogP contribution in [0.2, 0.25) is 0 Å². The SMILES string of the molecule is CCCCCC(=O)N(CCCSc1ccc(C)c(COC2(c3cnccc3-c3ccccc3OC3CC3)CC2)c1)C(O)(O)C(O)(O)OC(O)CO. The van der Waals surface area contributed by atoms with Gasteiger partial charge in [-0.3, -0.25) is 19.4 Å². The first-order valence-electron chi connectivity index (χ1n) is 17.6. The number of amides is 1. The van der Waals surface area contributed by atoms with Crippen molar-refractivity contribution < 1.29 is 49.6 Å². The molecule has 12 nitrogen and oxygen atoms in total. The zero-order chi connectivity index (χ0) is 36.6. The van der Waals surface area contributed by atoms with E-state index in [1.165, 1.54) is 11.8 Å². The van der Waals surface area contributed by atoms with E-state index in [2.05, 4.69) is 21.9 Å². The van der Waals surface area contributed by atoms with Crippen molar-refractivity contribution in [2.45, 2.75) is 113 Å². The number of rotatable bonds is 21. The highest BCUT2D eigenvalue weighted by Crippen LogP contribution is 2.53. The largest absolute Gasteiger partial charge is 0.490 e. The summed E-state index contributed by atoms with van der Waals surface area (Å²) in [7, 11) is 0. The van der Waals surface area contributed by atoms with Crippen LogP contribution in [0.1, 0.15) is 81.4 Å². The van der Waals surface area contributed by atoms with Gasteiger partial charge in [0.1, 0.15) is 5.75 Å². The first-order valence-corrected chi connectivity index (χ1v) is 18.6. The standard InChI is InChI=1S/C38H50N2O10S/c1-3-4-5-11-34(42)40(37(44,45)38(46,47)50-35(43)24-41)20-8-21-51-29-15-12-26(2)27(22-29)25-48-36(17-18-36)32-23-39-19-16-30(32)31-9-6-7-10-33(31)49-28-13-14-28/h6-7,9-10,12,15-16,19,22-23,28,35,41,43-47H,3-5,8,11,13-14,17-18,20-21,24-25H2,1-2H3. The van der Waals surface area contributed by atoms with Crippen molar-refractivity contribution in [3.63, 3.8) is 0 Å². The number of aliphatic hydroxyl groups excluding tert-OH is 2. The zero-order valence-corrected chi connectivity index (χ0v) is 30.1. The number of hydrogen-bond acceptors (Lipinski definition) is 12. The number of pyridine rings is 1. The monoisotopic (exact) mass is 726 g/mol. The summed E-state index contributed by atoms with van der Waals surface area (Å²) in [5.74, 6) is -6.79. The maximum atomic E-state index is 13.0. The second-order valence-electron chi connectivity index (χ2n) is 13.3. The molecule has 2 saturated carbocycles. The number of carbonyl (C=O) groups excluding carboxylic acids is 1. The Kier molecular flexibility index (Phi) is 13.1. The Morgan fingerprint density at radius 2 is 1.82 bits per heavy atom. The minimum absolute atomic E-state index is 0.0629. The smallest absolute Gasteiger partial charge is 0.360 e. The van der Waals surface area contributed by atoms with Gasteiger partial charge in [-0.05, 0) is 92.2 Å². The molecule has 1 amide bonds. The van der Waals surface area contributed by atoms with E-state index >= 15 is 0 Å². The highest BCUT2D eigenvalue weighted by atomic mass is 32.2. The van der Waals surface area contributed by atoms with Gasteiger partial charge in [0.05, 0.1) is 24.9 Å². The van der Waals surface area contributed by atoms with Crippen LogP contribution < -0.4 is 4.74 Å². The summed E-state index contributed by atoms with van der Waals surface area (Å²) in [5, 5.41) is 60.5. The molecule has 278 valence electrons. The van der Waals surface area contributed by atoms with E-state index in [1.54, 1.807) is 6.20 Å². The van der Waals surface area contributed by atoms with E-state index < -0.39 is 36.3 Å². The average molecular weight is 727 g/mol. The van der Waals surface area contributed by atoms with Gasteiger partial charge in [0.25, 0.3) is 0 Å². The normalized spacial score (nSPS) is 16.2. The highest BCUT2D eigenvalue weighted by molar-refractivity contribution is 7.99. The molecule has 3 aromatic rings. The Bertz CT molecular complexity index is 1610. The molecule has 2 aromatic carbocycles. The fourth-order valence-electron chi connectivity index (χ4n) is 5.87. The number of aliphatic hydroxyl groups is 6. The lowest BCUT2D eigenvalue weighted by atomic mass is 9.96. The molecule has 0 radical (unpaired) electrons. The third-order valence-electron chi connectivity index (χ3n) is 9.20. The maximum Gasteiger partial charge on any atom is 0.360 e. The molecular weight excluding hydrogens is 676 g/mol. The number of unbranched alkanes of at least 4 members (excludes halogenated alkanes) is 2. The summed E-state index contributed by atoms with van der Waals surface area (Å²) < 4.78 is 17.4. The molecule has 6 N–H and O–H groups in total. The zero-order valence-electron chi connectivity index (χ0n) is 29.2. The second kappa shape index (κ2) is 17.1. The molecule has 1 aromatic heterocycles. The van der Waals surface area contributed by atoms with Crippen LogP contribution in [0.15, 0.2) is 65.8 Å². The van der Waals surface area contributed by atoms with E-state index in [-0.39, 0.29) is 25.5 Å². The van der Waals surface area contributed by atoms with Crippen molar-refractivity contribution in [2.24, 2.45) is 0 Å². The number of thioether (sulfide) groups is 1. The number of aromatic nitrogens is 1. The number of para-hydroxylation sites is 1. The van der Waals surface area contributed by atoms with Crippen LogP contribution in [0.25, 0.3) is 11.1 Å². The first-order chi connectivity index (χ1) is 24.4. The fourth-order valence-corrected chi connectivity index (χ4v) is 6.77. The average Bonchev–Trinajstić information content (AvgIpc) is 4.06. The van der Waals surface area contributed by atoms with Crippen LogP contribution in [-0.4, -0.2) is 89.6 Å². The van der Waals surface area contributed by atoms with Crippen LogP contribution in [0, 0.1) is 6.92 Å². The lowest BCUT2D eigenvalue weighted by Crippen LogP contribution is -2.68. The fraction of sp³-hybridized carbons (Fsp3) is 0.526. The number of aryl methyl sites for hydroxylation is 1. The van der Waals surface area contributed by atoms with E-state index in [1.807, 2.05) is 56.4 Å². The van der Waals surface area contributed by atoms with Crippen molar-refractivity contribution in [2.75, 3.05) is 18.9 Å². The topological polar surface area (TPSA) is 182 Å². The quantitative estimate of drug-likeness (QED) is 0.0521. The lowest BCUT2D eigenvalue weighted by Gasteiger charge is -2.42. The molecule has 1 unspecified atom stereocenters. The van der Waals surface area contributed by atoms with Gasteiger partial charge in [0, 0.05) is 41.4 Å². The van der Waals surface area contributed by atoms with Crippen LogP contribution in [0.5, 0.6) is 5.75 Å². The summed E-state index contributed by atoms with van der Waals surface area (Å²) in [4.78, 5) is 19.0. The molecule has 2 fully saturated rings. The van der Waals surface area contributed by atoms with Gasteiger partial charge in [-0.2, -0.15) is 0 Å². The molecule has 0 aliphatic heterocycles. The summed E-state index contributed by atoms with van der Waals surface area (Å²) in [6.07, 6.45) is 7.95. The summed E-state index contributed by atoms with van der Waals surface area (Å²) in [5.41, 5.74) is 4.78. The summed E-state index contributed by atoms with van der Waals surface area (Å²) in [6.45, 7) is 3.08.